The molecular weight excluding hydrogens is 216 g/mol. The second-order valence-electron chi connectivity index (χ2n) is 4.04. The maximum Gasteiger partial charge on any atom is 0.0935 e. The zero-order chi connectivity index (χ0) is 11.1. The summed E-state index contributed by atoms with van der Waals surface area (Å²) in [6.45, 7) is 8.14. The van der Waals surface area contributed by atoms with Crippen LogP contribution in [0.1, 0.15) is 40.5 Å². The summed E-state index contributed by atoms with van der Waals surface area (Å²) in [6, 6.07) is 0. The van der Waals surface area contributed by atoms with Crippen molar-refractivity contribution in [3.8, 4) is 0 Å². The average Bonchev–Trinajstić information content (AvgIpc) is 2.10. The van der Waals surface area contributed by atoms with E-state index in [9.17, 15) is 8.42 Å². The average molecular weight is 234 g/mol. The van der Waals surface area contributed by atoms with Gasteiger partial charge in [-0.25, -0.2) is 8.42 Å². The zero-order valence-corrected chi connectivity index (χ0v) is 10.8. The molecule has 0 fully saturated rings. The molecule has 0 heterocycles. The second-order valence-corrected chi connectivity index (χ2v) is 5.31. The fourth-order valence-corrected chi connectivity index (χ4v) is 2.20. The van der Waals surface area contributed by atoms with Crippen molar-refractivity contribution >= 4 is 32.2 Å². The van der Waals surface area contributed by atoms with Gasteiger partial charge in [0.25, 0.3) is 0 Å². The van der Waals surface area contributed by atoms with E-state index < -0.39 is 0 Å². The molecule has 0 saturated heterocycles. The highest BCUT2D eigenvalue weighted by Crippen LogP contribution is 2.07. The highest BCUT2D eigenvalue weighted by molar-refractivity contribution is 7.76. The van der Waals surface area contributed by atoms with Gasteiger partial charge in [-0.2, -0.15) is 0 Å². The van der Waals surface area contributed by atoms with Gasteiger partial charge in [-0.15, -0.1) is 0 Å². The lowest BCUT2D eigenvalue weighted by Crippen LogP contribution is -2.20. The lowest BCUT2D eigenvalue weighted by atomic mass is 10.0. The molecule has 0 unspecified atom stereocenters. The third-order valence-electron chi connectivity index (χ3n) is 1.94. The Morgan fingerprint density at radius 2 is 1.64 bits per heavy atom. The number of hydrogen-bond donors (Lipinski definition) is 0. The predicted molar refractivity (Wildman–Crippen MR) is 65.2 cm³/mol. The Bertz CT molecular complexity index is 282. The first-order valence-electron chi connectivity index (χ1n) is 4.85. The summed E-state index contributed by atoms with van der Waals surface area (Å²) < 4.78 is 21.7. The van der Waals surface area contributed by atoms with Crippen LogP contribution in [-0.4, -0.2) is 18.1 Å². The van der Waals surface area contributed by atoms with Crippen LogP contribution in [0.2, 0.25) is 0 Å². The van der Waals surface area contributed by atoms with Crippen molar-refractivity contribution in [3.63, 3.8) is 0 Å². The fraction of sp³-hybridized carbons (Fsp3) is 0.800. The molecule has 0 rings (SSSR count). The molecule has 4 heteroatoms. The molecule has 82 valence electrons. The van der Waals surface area contributed by atoms with E-state index in [1.165, 1.54) is 0 Å². The standard InChI is InChI=1S/C10H18O2S2/c1-7(2)5-6-9(13-11)10(14-12)8(3)4/h7-8H,5-6H2,1-4H3. The third-order valence-corrected chi connectivity index (χ3v) is 3.59. The molecule has 0 aromatic rings. The Balaban J connectivity index is 4.59. The maximum absolute atomic E-state index is 10.9. The van der Waals surface area contributed by atoms with E-state index in [-0.39, 0.29) is 5.92 Å². The zero-order valence-electron chi connectivity index (χ0n) is 9.20. The van der Waals surface area contributed by atoms with E-state index >= 15 is 0 Å². The summed E-state index contributed by atoms with van der Waals surface area (Å²) >= 11 is 0.953. The quantitative estimate of drug-likeness (QED) is 0.680. The Kier molecular flexibility index (Phi) is 7.01. The van der Waals surface area contributed by atoms with Gasteiger partial charge in [-0.1, -0.05) is 27.7 Å². The van der Waals surface area contributed by atoms with E-state index in [2.05, 4.69) is 13.8 Å². The first-order chi connectivity index (χ1) is 6.52. The van der Waals surface area contributed by atoms with Gasteiger partial charge in [-0.3, -0.25) is 0 Å². The van der Waals surface area contributed by atoms with Gasteiger partial charge in [0.05, 0.1) is 32.2 Å². The minimum absolute atomic E-state index is 0.168. The molecule has 0 radical (unpaired) electrons. The number of rotatable bonds is 5. The van der Waals surface area contributed by atoms with Crippen molar-refractivity contribution in [3.05, 3.63) is 0 Å². The minimum atomic E-state index is 0.168. The molecule has 0 spiro atoms. The van der Waals surface area contributed by atoms with Gasteiger partial charge in [0.1, 0.15) is 0 Å². The summed E-state index contributed by atoms with van der Waals surface area (Å²) in [6.07, 6.45) is 1.72. The van der Waals surface area contributed by atoms with Crippen LogP contribution in [0.3, 0.4) is 0 Å². The van der Waals surface area contributed by atoms with Gasteiger partial charge in [0.2, 0.25) is 0 Å². The Hall–Kier alpha value is -0.220. The monoisotopic (exact) mass is 234 g/mol. The van der Waals surface area contributed by atoms with Crippen molar-refractivity contribution < 1.29 is 8.42 Å². The smallest absolute Gasteiger partial charge is 0.0935 e. The summed E-state index contributed by atoms with van der Waals surface area (Å²) in [7, 11) is 0. The maximum atomic E-state index is 10.9. The lowest BCUT2D eigenvalue weighted by Gasteiger charge is -2.09. The topological polar surface area (TPSA) is 34.1 Å². The minimum Gasteiger partial charge on any atom is -0.212 e. The molecule has 0 aromatic heterocycles. The van der Waals surface area contributed by atoms with Gasteiger partial charge < -0.3 is 0 Å². The van der Waals surface area contributed by atoms with E-state index in [0.29, 0.717) is 33.3 Å². The first kappa shape index (κ1) is 13.8. The largest absolute Gasteiger partial charge is 0.212 e. The van der Waals surface area contributed by atoms with E-state index in [4.69, 9.17) is 0 Å². The highest BCUT2D eigenvalue weighted by Gasteiger charge is 2.12. The molecule has 14 heavy (non-hydrogen) atoms. The predicted octanol–water partition coefficient (Wildman–Crippen LogP) is 1.85. The Morgan fingerprint density at radius 3 is 1.93 bits per heavy atom. The Labute approximate surface area is 93.2 Å². The van der Waals surface area contributed by atoms with Crippen LogP contribution in [0.4, 0.5) is 0 Å². The van der Waals surface area contributed by atoms with E-state index in [1.54, 1.807) is 0 Å². The molecule has 2 nitrogen and oxygen atoms in total. The molecule has 0 atom stereocenters. The summed E-state index contributed by atoms with van der Waals surface area (Å²) in [5.74, 6) is 0.739. The highest BCUT2D eigenvalue weighted by atomic mass is 32.1. The second kappa shape index (κ2) is 7.12. The molecule has 0 aromatic carbocycles. The van der Waals surface area contributed by atoms with Gasteiger partial charge in [0, 0.05) is 0 Å². The molecule has 0 saturated carbocycles. The SMILES string of the molecule is CC(C)CCC(=S=O)C(=S=O)C(C)C. The third kappa shape index (κ3) is 4.86. The van der Waals surface area contributed by atoms with Crippen LogP contribution in [0, 0.1) is 11.8 Å². The molecule has 0 aliphatic rings. The van der Waals surface area contributed by atoms with Gasteiger partial charge in [0.15, 0.2) is 0 Å². The van der Waals surface area contributed by atoms with Crippen LogP contribution >= 0.6 is 0 Å². The molecule has 0 aliphatic heterocycles. The fourth-order valence-electron chi connectivity index (χ4n) is 1.09. The van der Waals surface area contributed by atoms with E-state index in [1.807, 2.05) is 13.8 Å². The Morgan fingerprint density at radius 1 is 1.07 bits per heavy atom. The molecular formula is C10H18O2S2. The molecule has 0 N–H and O–H groups in total. The van der Waals surface area contributed by atoms with Gasteiger partial charge in [-0.05, 0) is 24.7 Å². The number of hydrogen-bond acceptors (Lipinski definition) is 2. The normalized spacial score (nSPS) is 10.4. The van der Waals surface area contributed by atoms with Crippen molar-refractivity contribution in [2.45, 2.75) is 40.5 Å². The molecule has 0 bridgehead atoms. The van der Waals surface area contributed by atoms with Crippen molar-refractivity contribution in [1.82, 2.24) is 0 Å². The van der Waals surface area contributed by atoms with Crippen LogP contribution in [0.25, 0.3) is 0 Å². The van der Waals surface area contributed by atoms with Crippen LogP contribution < -0.4 is 0 Å². The van der Waals surface area contributed by atoms with E-state index in [0.717, 1.165) is 17.7 Å². The summed E-state index contributed by atoms with van der Waals surface area (Å²) in [5, 5.41) is 0. The molecule has 0 aliphatic carbocycles. The van der Waals surface area contributed by atoms with Crippen molar-refractivity contribution in [2.75, 3.05) is 0 Å². The summed E-state index contributed by atoms with van der Waals surface area (Å²) in [5.41, 5.74) is 0. The summed E-state index contributed by atoms with van der Waals surface area (Å²) in [4.78, 5) is 1.44. The van der Waals surface area contributed by atoms with Crippen molar-refractivity contribution in [1.29, 1.82) is 0 Å². The lowest BCUT2D eigenvalue weighted by molar-refractivity contribution is 0.606. The van der Waals surface area contributed by atoms with Crippen molar-refractivity contribution in [2.24, 2.45) is 11.8 Å². The van der Waals surface area contributed by atoms with Crippen LogP contribution in [-0.2, 0) is 22.5 Å². The first-order valence-corrected chi connectivity index (χ1v) is 6.33. The van der Waals surface area contributed by atoms with Crippen LogP contribution in [0.5, 0.6) is 0 Å². The molecule has 0 amide bonds. The van der Waals surface area contributed by atoms with Gasteiger partial charge >= 0.3 is 0 Å². The van der Waals surface area contributed by atoms with Crippen LogP contribution in [0.15, 0.2) is 0 Å².